The number of rotatable bonds is 4. The lowest BCUT2D eigenvalue weighted by Crippen LogP contribution is -2.40. The number of hydrogen-bond donors (Lipinski definition) is 1. The third-order valence-corrected chi connectivity index (χ3v) is 3.54. The summed E-state index contributed by atoms with van der Waals surface area (Å²) < 4.78 is 11.2. The molecule has 0 fully saturated rings. The number of hydrogen-bond acceptors (Lipinski definition) is 5. The van der Waals surface area contributed by atoms with Gasteiger partial charge in [0.2, 0.25) is 12.1 Å². The molecule has 0 amide bonds. The summed E-state index contributed by atoms with van der Waals surface area (Å²) in [6.07, 6.45) is -0.831. The van der Waals surface area contributed by atoms with Gasteiger partial charge in [-0.25, -0.2) is 0 Å². The van der Waals surface area contributed by atoms with Gasteiger partial charge in [-0.05, 0) is 43.3 Å². The number of ether oxygens (including phenoxy) is 2. The zero-order chi connectivity index (χ0) is 16.2. The third-order valence-electron chi connectivity index (χ3n) is 3.29. The predicted octanol–water partition coefficient (Wildman–Crippen LogP) is 3.75. The molecule has 5 nitrogen and oxygen atoms in total. The van der Waals surface area contributed by atoms with Crippen LogP contribution in [0.5, 0.6) is 5.75 Å². The molecule has 2 aromatic rings. The molecule has 3 rings (SSSR count). The molecule has 0 aliphatic carbocycles. The Labute approximate surface area is 138 Å². The van der Waals surface area contributed by atoms with Crippen molar-refractivity contribution in [3.8, 4) is 5.75 Å². The molecule has 118 valence electrons. The Bertz CT molecular complexity index is 744. The van der Waals surface area contributed by atoms with Crippen LogP contribution in [0.4, 0.5) is 5.69 Å². The van der Waals surface area contributed by atoms with E-state index in [-0.39, 0.29) is 11.5 Å². The molecule has 0 spiro atoms. The maximum Gasteiger partial charge on any atom is 0.249 e. The van der Waals surface area contributed by atoms with Crippen molar-refractivity contribution in [3.05, 3.63) is 59.1 Å². The minimum Gasteiger partial charge on any atom is -0.458 e. The van der Waals surface area contributed by atoms with Crippen LogP contribution in [0.3, 0.4) is 0 Å². The van der Waals surface area contributed by atoms with E-state index in [0.717, 1.165) is 0 Å². The minimum absolute atomic E-state index is 0.181. The van der Waals surface area contributed by atoms with Gasteiger partial charge in [0.1, 0.15) is 5.75 Å². The second-order valence-electron chi connectivity index (χ2n) is 4.85. The lowest BCUT2D eigenvalue weighted by molar-refractivity contribution is -0.0286. The molecule has 1 unspecified atom stereocenters. The zero-order valence-electron chi connectivity index (χ0n) is 12.5. The number of ketones is 1. The molecule has 2 aromatic carbocycles. The summed E-state index contributed by atoms with van der Waals surface area (Å²) in [7, 11) is 0. The van der Waals surface area contributed by atoms with Crippen LogP contribution in [-0.2, 0) is 4.74 Å². The maximum absolute atomic E-state index is 12.6. The van der Waals surface area contributed by atoms with E-state index in [4.69, 9.17) is 21.1 Å². The summed E-state index contributed by atoms with van der Waals surface area (Å²) in [6.45, 7) is 2.23. The quantitative estimate of drug-likeness (QED) is 0.867. The van der Waals surface area contributed by atoms with E-state index in [2.05, 4.69) is 10.5 Å². The van der Waals surface area contributed by atoms with Gasteiger partial charge in [0, 0.05) is 11.6 Å². The number of halogens is 1. The van der Waals surface area contributed by atoms with Gasteiger partial charge < -0.3 is 9.47 Å². The maximum atomic E-state index is 12.6. The number of fused-ring (bicyclic) bond motifs is 1. The van der Waals surface area contributed by atoms with Crippen LogP contribution in [0, 0.1) is 0 Å². The highest BCUT2D eigenvalue weighted by Gasteiger charge is 2.34. The summed E-state index contributed by atoms with van der Waals surface area (Å²) in [4.78, 5) is 12.6. The number of anilines is 1. The molecule has 0 bridgehead atoms. The van der Waals surface area contributed by atoms with Crippen molar-refractivity contribution < 1.29 is 14.3 Å². The lowest BCUT2D eigenvalue weighted by Gasteiger charge is -2.25. The zero-order valence-corrected chi connectivity index (χ0v) is 13.2. The van der Waals surface area contributed by atoms with Gasteiger partial charge in [-0.2, -0.15) is 5.10 Å². The lowest BCUT2D eigenvalue weighted by atomic mass is 10.0. The minimum atomic E-state index is -0.831. The highest BCUT2D eigenvalue weighted by molar-refractivity contribution is 6.48. The number of benzene rings is 2. The largest absolute Gasteiger partial charge is 0.458 e. The summed E-state index contributed by atoms with van der Waals surface area (Å²) in [5.74, 6) is 0.285. The number of Topliss-reactive ketones (excluding diaryl/α,β-unsaturated/α-hetero) is 1. The van der Waals surface area contributed by atoms with E-state index >= 15 is 0 Å². The smallest absolute Gasteiger partial charge is 0.249 e. The Hall–Kier alpha value is -2.37. The summed E-state index contributed by atoms with van der Waals surface area (Å²) in [5.41, 5.74) is 4.20. The van der Waals surface area contributed by atoms with Crippen molar-refractivity contribution in [3.63, 3.8) is 0 Å². The molecular formula is C17H15ClN2O3. The highest BCUT2D eigenvalue weighted by Crippen LogP contribution is 2.26. The molecular weight excluding hydrogens is 316 g/mol. The molecule has 0 saturated heterocycles. The SMILES string of the molecule is CCOC1Oc2ccccc2C(=O)/C1=N/Nc1ccc(Cl)cc1. The fourth-order valence-corrected chi connectivity index (χ4v) is 2.32. The number of nitrogens with one attached hydrogen (secondary N) is 1. The molecule has 1 aliphatic rings. The number of carbonyl (C=O) groups excluding carboxylic acids is 1. The summed E-state index contributed by atoms with van der Waals surface area (Å²) in [6, 6.07) is 14.0. The van der Waals surface area contributed by atoms with Crippen LogP contribution >= 0.6 is 11.6 Å². The van der Waals surface area contributed by atoms with Crippen molar-refractivity contribution in [2.24, 2.45) is 5.10 Å². The van der Waals surface area contributed by atoms with Crippen LogP contribution in [0.2, 0.25) is 5.02 Å². The van der Waals surface area contributed by atoms with Crippen molar-refractivity contribution in [1.82, 2.24) is 0 Å². The molecule has 1 aliphatic heterocycles. The Balaban J connectivity index is 1.89. The second-order valence-corrected chi connectivity index (χ2v) is 5.28. The molecule has 6 heteroatoms. The molecule has 23 heavy (non-hydrogen) atoms. The first kappa shape index (κ1) is 15.5. The van der Waals surface area contributed by atoms with Gasteiger partial charge >= 0.3 is 0 Å². The molecule has 1 N–H and O–H groups in total. The average molecular weight is 331 g/mol. The van der Waals surface area contributed by atoms with Crippen molar-refractivity contribution >= 4 is 28.8 Å². The van der Waals surface area contributed by atoms with E-state index in [9.17, 15) is 4.79 Å². The molecule has 1 heterocycles. The predicted molar refractivity (Wildman–Crippen MR) is 89.3 cm³/mol. The topological polar surface area (TPSA) is 59.9 Å². The number of nitrogens with zero attached hydrogens (tertiary/aromatic N) is 1. The molecule has 1 atom stereocenters. The van der Waals surface area contributed by atoms with Crippen LogP contribution in [0.25, 0.3) is 0 Å². The van der Waals surface area contributed by atoms with Crippen molar-refractivity contribution in [1.29, 1.82) is 0 Å². The van der Waals surface area contributed by atoms with E-state index in [0.29, 0.717) is 28.6 Å². The van der Waals surface area contributed by atoms with E-state index in [1.807, 2.05) is 13.0 Å². The molecule has 0 radical (unpaired) electrons. The van der Waals surface area contributed by atoms with Crippen molar-refractivity contribution in [2.75, 3.05) is 12.0 Å². The molecule has 0 aromatic heterocycles. The van der Waals surface area contributed by atoms with Crippen LogP contribution in [0.1, 0.15) is 17.3 Å². The van der Waals surface area contributed by atoms with E-state index in [1.54, 1.807) is 42.5 Å². The van der Waals surface area contributed by atoms with Gasteiger partial charge in [-0.1, -0.05) is 23.7 Å². The molecule has 0 saturated carbocycles. The van der Waals surface area contributed by atoms with Gasteiger partial charge in [0.25, 0.3) is 0 Å². The normalized spacial score (nSPS) is 18.4. The number of para-hydroxylation sites is 1. The van der Waals surface area contributed by atoms with Crippen LogP contribution in [0.15, 0.2) is 53.6 Å². The van der Waals surface area contributed by atoms with Gasteiger partial charge in [-0.15, -0.1) is 0 Å². The van der Waals surface area contributed by atoms with Crippen LogP contribution < -0.4 is 10.2 Å². The first-order valence-corrected chi connectivity index (χ1v) is 7.58. The fourth-order valence-electron chi connectivity index (χ4n) is 2.19. The van der Waals surface area contributed by atoms with E-state index in [1.165, 1.54) is 0 Å². The first-order chi connectivity index (χ1) is 11.2. The summed E-state index contributed by atoms with van der Waals surface area (Å²) >= 11 is 5.85. The highest BCUT2D eigenvalue weighted by atomic mass is 35.5. The van der Waals surface area contributed by atoms with Gasteiger partial charge in [0.05, 0.1) is 11.3 Å². The summed E-state index contributed by atoms with van der Waals surface area (Å²) in [5, 5.41) is 4.81. The standard InChI is InChI=1S/C17H15ClN2O3/c1-2-22-17-15(20-19-12-9-7-11(18)8-10-12)16(21)13-5-3-4-6-14(13)23-17/h3-10,17,19H,2H2,1H3/b20-15-. The second kappa shape index (κ2) is 6.81. The van der Waals surface area contributed by atoms with E-state index < -0.39 is 6.29 Å². The number of carbonyl (C=O) groups is 1. The van der Waals surface area contributed by atoms with Gasteiger partial charge in [0.15, 0.2) is 5.71 Å². The Morgan fingerprint density at radius 3 is 2.70 bits per heavy atom. The Morgan fingerprint density at radius 2 is 1.96 bits per heavy atom. The van der Waals surface area contributed by atoms with Gasteiger partial charge in [-0.3, -0.25) is 10.2 Å². The van der Waals surface area contributed by atoms with Crippen LogP contribution in [-0.4, -0.2) is 24.4 Å². The first-order valence-electron chi connectivity index (χ1n) is 7.20. The third kappa shape index (κ3) is 3.36. The van der Waals surface area contributed by atoms with Crippen molar-refractivity contribution in [2.45, 2.75) is 13.2 Å². The monoisotopic (exact) mass is 330 g/mol. The Morgan fingerprint density at radius 1 is 1.22 bits per heavy atom. The average Bonchev–Trinajstić information content (AvgIpc) is 2.56. The Kier molecular flexibility index (Phi) is 4.60. The number of hydrazone groups is 1. The fraction of sp³-hybridized carbons (Fsp3) is 0.176.